The van der Waals surface area contributed by atoms with Crippen molar-refractivity contribution in [2.45, 2.75) is 13.2 Å². The molecular formula is C10H15N3O2. The molecule has 2 aromatic heterocycles. The summed E-state index contributed by atoms with van der Waals surface area (Å²) in [6.45, 7) is 2.20. The van der Waals surface area contributed by atoms with E-state index in [1.165, 1.54) is 0 Å². The van der Waals surface area contributed by atoms with Gasteiger partial charge in [-0.3, -0.25) is 4.68 Å². The standard InChI is InChI=1S/C8H8N2O2.C2H7N/c1-3-12-8-6(1)9-10-2-4-11-5-7(8)10;1-3-2/h1,3H,2,4-5H2;3H,1-2H3. The zero-order valence-corrected chi connectivity index (χ0v) is 8.99. The van der Waals surface area contributed by atoms with E-state index in [0.29, 0.717) is 6.61 Å². The van der Waals surface area contributed by atoms with Crippen LogP contribution in [-0.2, 0) is 17.9 Å². The molecule has 0 radical (unpaired) electrons. The monoisotopic (exact) mass is 209 g/mol. The Kier molecular flexibility index (Phi) is 3.03. The maximum atomic E-state index is 5.31. The van der Waals surface area contributed by atoms with Crippen LogP contribution < -0.4 is 5.32 Å². The average molecular weight is 209 g/mol. The first-order valence-electron chi connectivity index (χ1n) is 4.96. The van der Waals surface area contributed by atoms with E-state index < -0.39 is 0 Å². The van der Waals surface area contributed by atoms with Gasteiger partial charge in [0, 0.05) is 6.07 Å². The largest absolute Gasteiger partial charge is 0.461 e. The minimum Gasteiger partial charge on any atom is -0.461 e. The number of hydrogen-bond donors (Lipinski definition) is 1. The number of hydrogen-bond acceptors (Lipinski definition) is 4. The van der Waals surface area contributed by atoms with Crippen LogP contribution in [0.5, 0.6) is 0 Å². The van der Waals surface area contributed by atoms with E-state index in [-0.39, 0.29) is 0 Å². The maximum absolute atomic E-state index is 5.31. The van der Waals surface area contributed by atoms with Gasteiger partial charge in [0.1, 0.15) is 11.2 Å². The molecule has 0 saturated heterocycles. The van der Waals surface area contributed by atoms with Crippen LogP contribution in [0.4, 0.5) is 0 Å². The van der Waals surface area contributed by atoms with Gasteiger partial charge in [-0.05, 0) is 14.1 Å². The van der Waals surface area contributed by atoms with Crippen molar-refractivity contribution in [1.82, 2.24) is 15.1 Å². The summed E-state index contributed by atoms with van der Waals surface area (Å²) < 4.78 is 12.6. The number of ether oxygens (including phenoxy) is 1. The second-order valence-corrected chi connectivity index (χ2v) is 3.36. The maximum Gasteiger partial charge on any atom is 0.177 e. The molecule has 82 valence electrons. The molecule has 1 N–H and O–H groups in total. The van der Waals surface area contributed by atoms with Crippen molar-refractivity contribution in [3.8, 4) is 0 Å². The van der Waals surface area contributed by atoms with Gasteiger partial charge < -0.3 is 14.5 Å². The molecular weight excluding hydrogens is 194 g/mol. The van der Waals surface area contributed by atoms with Gasteiger partial charge in [-0.25, -0.2) is 0 Å². The molecule has 5 nitrogen and oxygen atoms in total. The van der Waals surface area contributed by atoms with Crippen LogP contribution in [0.2, 0.25) is 0 Å². The Hall–Kier alpha value is -1.33. The molecule has 1 aliphatic heterocycles. The Morgan fingerprint density at radius 3 is 3.07 bits per heavy atom. The van der Waals surface area contributed by atoms with Gasteiger partial charge >= 0.3 is 0 Å². The molecule has 0 atom stereocenters. The minimum absolute atomic E-state index is 0.615. The summed E-state index contributed by atoms with van der Waals surface area (Å²) in [6, 6.07) is 1.88. The smallest absolute Gasteiger partial charge is 0.177 e. The Morgan fingerprint density at radius 1 is 1.47 bits per heavy atom. The lowest BCUT2D eigenvalue weighted by molar-refractivity contribution is 0.0803. The average Bonchev–Trinajstić information content (AvgIpc) is 2.78. The fourth-order valence-electron chi connectivity index (χ4n) is 1.55. The first kappa shape index (κ1) is 10.2. The molecule has 0 amide bonds. The Balaban J connectivity index is 0.000000258. The molecule has 0 spiro atoms. The van der Waals surface area contributed by atoms with E-state index in [2.05, 4.69) is 10.4 Å². The third-order valence-electron chi connectivity index (χ3n) is 2.13. The van der Waals surface area contributed by atoms with E-state index in [1.807, 2.05) is 24.8 Å². The lowest BCUT2D eigenvalue weighted by Gasteiger charge is -2.12. The second kappa shape index (κ2) is 4.46. The summed E-state index contributed by atoms with van der Waals surface area (Å²) in [4.78, 5) is 0. The van der Waals surface area contributed by atoms with Crippen LogP contribution in [-0.4, -0.2) is 30.5 Å². The Bertz CT molecular complexity index is 433. The van der Waals surface area contributed by atoms with Crippen molar-refractivity contribution in [2.24, 2.45) is 0 Å². The molecule has 2 aromatic rings. The van der Waals surface area contributed by atoms with Gasteiger partial charge in [0.25, 0.3) is 0 Å². The number of nitrogens with one attached hydrogen (secondary N) is 1. The van der Waals surface area contributed by atoms with Crippen molar-refractivity contribution in [3.05, 3.63) is 18.0 Å². The lowest BCUT2D eigenvalue weighted by Crippen LogP contribution is -2.17. The number of nitrogens with zero attached hydrogens (tertiary/aromatic N) is 2. The molecule has 0 unspecified atom stereocenters. The zero-order chi connectivity index (χ0) is 10.7. The molecule has 0 bridgehead atoms. The SMILES string of the molecule is CNC.c1cc2nn3c(c2o1)COCC3. The molecule has 0 saturated carbocycles. The lowest BCUT2D eigenvalue weighted by atomic mass is 10.3. The Labute approximate surface area is 88.0 Å². The number of aromatic nitrogens is 2. The van der Waals surface area contributed by atoms with Crippen LogP contribution >= 0.6 is 0 Å². The quantitative estimate of drug-likeness (QED) is 0.703. The highest BCUT2D eigenvalue weighted by molar-refractivity contribution is 5.75. The van der Waals surface area contributed by atoms with Crippen LogP contribution in [0.15, 0.2) is 16.7 Å². The summed E-state index contributed by atoms with van der Waals surface area (Å²) in [5.41, 5.74) is 2.85. The number of furan rings is 1. The summed E-state index contributed by atoms with van der Waals surface area (Å²) >= 11 is 0. The summed E-state index contributed by atoms with van der Waals surface area (Å²) in [5, 5.41) is 7.11. The van der Waals surface area contributed by atoms with Gasteiger partial charge in [-0.15, -0.1) is 0 Å². The number of fused-ring (bicyclic) bond motifs is 3. The fraction of sp³-hybridized carbons (Fsp3) is 0.500. The molecule has 15 heavy (non-hydrogen) atoms. The highest BCUT2D eigenvalue weighted by Gasteiger charge is 2.16. The predicted molar refractivity (Wildman–Crippen MR) is 56.6 cm³/mol. The fourth-order valence-corrected chi connectivity index (χ4v) is 1.55. The first-order valence-corrected chi connectivity index (χ1v) is 4.96. The van der Waals surface area contributed by atoms with Crippen molar-refractivity contribution >= 4 is 11.1 Å². The van der Waals surface area contributed by atoms with E-state index in [9.17, 15) is 0 Å². The van der Waals surface area contributed by atoms with Gasteiger partial charge in [-0.2, -0.15) is 5.10 Å². The predicted octanol–water partition coefficient (Wildman–Crippen LogP) is 0.995. The summed E-state index contributed by atoms with van der Waals surface area (Å²) in [7, 11) is 3.75. The van der Waals surface area contributed by atoms with E-state index >= 15 is 0 Å². The highest BCUT2D eigenvalue weighted by Crippen LogP contribution is 2.21. The molecule has 0 fully saturated rings. The van der Waals surface area contributed by atoms with E-state index in [1.54, 1.807) is 6.26 Å². The third-order valence-corrected chi connectivity index (χ3v) is 2.13. The van der Waals surface area contributed by atoms with Gasteiger partial charge in [0.05, 0.1) is 26.0 Å². The van der Waals surface area contributed by atoms with Crippen LogP contribution in [0.25, 0.3) is 11.1 Å². The van der Waals surface area contributed by atoms with Gasteiger partial charge in [0.15, 0.2) is 5.58 Å². The van der Waals surface area contributed by atoms with Crippen LogP contribution in [0, 0.1) is 0 Å². The van der Waals surface area contributed by atoms with Crippen LogP contribution in [0.3, 0.4) is 0 Å². The molecule has 1 aliphatic rings. The number of rotatable bonds is 0. The highest BCUT2D eigenvalue weighted by atomic mass is 16.5. The second-order valence-electron chi connectivity index (χ2n) is 3.36. The van der Waals surface area contributed by atoms with Crippen molar-refractivity contribution in [2.75, 3.05) is 20.7 Å². The van der Waals surface area contributed by atoms with Crippen molar-refractivity contribution in [3.63, 3.8) is 0 Å². The van der Waals surface area contributed by atoms with Crippen molar-refractivity contribution < 1.29 is 9.15 Å². The van der Waals surface area contributed by atoms with Crippen molar-refractivity contribution in [1.29, 1.82) is 0 Å². The molecule has 5 heteroatoms. The van der Waals surface area contributed by atoms with Gasteiger partial charge in [-0.1, -0.05) is 0 Å². The normalized spacial score (nSPS) is 14.5. The summed E-state index contributed by atoms with van der Waals surface area (Å²) in [5.74, 6) is 0. The molecule has 3 rings (SSSR count). The van der Waals surface area contributed by atoms with E-state index in [0.717, 1.165) is 29.9 Å². The Morgan fingerprint density at radius 2 is 2.27 bits per heavy atom. The minimum atomic E-state index is 0.615. The zero-order valence-electron chi connectivity index (χ0n) is 8.99. The topological polar surface area (TPSA) is 52.2 Å². The molecule has 0 aromatic carbocycles. The third kappa shape index (κ3) is 1.88. The molecule has 3 heterocycles. The van der Waals surface area contributed by atoms with E-state index in [4.69, 9.17) is 9.15 Å². The first-order chi connectivity index (χ1) is 7.36. The van der Waals surface area contributed by atoms with Crippen LogP contribution in [0.1, 0.15) is 5.69 Å². The summed E-state index contributed by atoms with van der Waals surface area (Å²) in [6.07, 6.45) is 1.66. The molecule has 0 aliphatic carbocycles. The van der Waals surface area contributed by atoms with Gasteiger partial charge in [0.2, 0.25) is 0 Å².